The Bertz CT molecular complexity index is 546. The van der Waals surface area contributed by atoms with Gasteiger partial charge in [-0.3, -0.25) is 0 Å². The van der Waals surface area contributed by atoms with Crippen molar-refractivity contribution in [3.05, 3.63) is 53.7 Å². The summed E-state index contributed by atoms with van der Waals surface area (Å²) in [6.07, 6.45) is 0.916. The second-order valence-corrected chi connectivity index (χ2v) is 3.68. The predicted molar refractivity (Wildman–Crippen MR) is 63.4 cm³/mol. The summed E-state index contributed by atoms with van der Waals surface area (Å²) in [6, 6.07) is 7.93. The van der Waals surface area contributed by atoms with Gasteiger partial charge in [0.15, 0.2) is 5.82 Å². The number of hydrogen-bond donors (Lipinski definition) is 1. The van der Waals surface area contributed by atoms with Gasteiger partial charge >= 0.3 is 0 Å². The first-order valence-corrected chi connectivity index (χ1v) is 5.42. The van der Waals surface area contributed by atoms with E-state index < -0.39 is 11.6 Å². The largest absolute Gasteiger partial charge is 0.436 e. The van der Waals surface area contributed by atoms with Crippen molar-refractivity contribution in [1.82, 2.24) is 10.3 Å². The fourth-order valence-corrected chi connectivity index (χ4v) is 1.52. The molecule has 0 amide bonds. The molecule has 0 aliphatic rings. The van der Waals surface area contributed by atoms with Crippen LogP contribution in [0.25, 0.3) is 0 Å². The number of rotatable bonds is 4. The monoisotopic (exact) mass is 250 g/mol. The van der Waals surface area contributed by atoms with Gasteiger partial charge in [0.1, 0.15) is 11.6 Å². The zero-order valence-electron chi connectivity index (χ0n) is 9.78. The van der Waals surface area contributed by atoms with Gasteiger partial charge in [-0.2, -0.15) is 0 Å². The summed E-state index contributed by atoms with van der Waals surface area (Å²) in [5.74, 6) is -1.30. The Balaban J connectivity index is 2.28. The molecule has 0 fully saturated rings. The van der Waals surface area contributed by atoms with Crippen molar-refractivity contribution in [2.75, 3.05) is 7.05 Å². The van der Waals surface area contributed by atoms with E-state index in [1.807, 2.05) is 12.1 Å². The van der Waals surface area contributed by atoms with Gasteiger partial charge in [-0.25, -0.2) is 13.8 Å². The Morgan fingerprint density at radius 1 is 1.28 bits per heavy atom. The molecule has 94 valence electrons. The van der Waals surface area contributed by atoms with Gasteiger partial charge in [0.25, 0.3) is 5.88 Å². The molecule has 2 aromatic rings. The molecule has 0 aliphatic carbocycles. The number of nitrogens with one attached hydrogen (secondary N) is 1. The minimum Gasteiger partial charge on any atom is -0.436 e. The number of nitrogens with zero attached hydrogens (tertiary/aromatic N) is 1. The Hall–Kier alpha value is -2.01. The van der Waals surface area contributed by atoms with Crippen molar-refractivity contribution in [3.63, 3.8) is 0 Å². The second-order valence-electron chi connectivity index (χ2n) is 3.68. The average molecular weight is 250 g/mol. The van der Waals surface area contributed by atoms with Crippen LogP contribution in [0.2, 0.25) is 0 Å². The van der Waals surface area contributed by atoms with Crippen LogP contribution >= 0.6 is 0 Å². The van der Waals surface area contributed by atoms with Gasteiger partial charge in [0.2, 0.25) is 0 Å². The first-order chi connectivity index (χ1) is 8.70. The van der Waals surface area contributed by atoms with Crippen LogP contribution in [-0.2, 0) is 6.54 Å². The van der Waals surface area contributed by atoms with Crippen LogP contribution in [0, 0.1) is 11.6 Å². The predicted octanol–water partition coefficient (Wildman–Crippen LogP) is 2.87. The summed E-state index contributed by atoms with van der Waals surface area (Å²) in [7, 11) is 1.80. The molecule has 1 heterocycles. The standard InChI is InChI=1S/C13H12F2N2O/c1-16-7-9-4-2-3-5-12(9)18-13-11(15)6-10(14)8-17-13/h2-6,8,16H,7H2,1H3. The molecule has 1 aromatic carbocycles. The smallest absolute Gasteiger partial charge is 0.256 e. The highest BCUT2D eigenvalue weighted by atomic mass is 19.1. The van der Waals surface area contributed by atoms with E-state index in [1.54, 1.807) is 19.2 Å². The van der Waals surface area contributed by atoms with Crippen LogP contribution in [0.15, 0.2) is 36.5 Å². The average Bonchev–Trinajstić information content (AvgIpc) is 2.35. The van der Waals surface area contributed by atoms with Crippen molar-refractivity contribution in [2.24, 2.45) is 0 Å². The molecular formula is C13H12F2N2O. The summed E-state index contributed by atoms with van der Waals surface area (Å²) >= 11 is 0. The molecule has 0 atom stereocenters. The first kappa shape index (κ1) is 12.4. The van der Waals surface area contributed by atoms with E-state index >= 15 is 0 Å². The Labute approximate surface area is 103 Å². The maximum atomic E-state index is 13.4. The van der Waals surface area contributed by atoms with Gasteiger partial charge in [-0.05, 0) is 13.1 Å². The summed E-state index contributed by atoms with van der Waals surface area (Å²) < 4.78 is 31.5. The lowest BCUT2D eigenvalue weighted by Crippen LogP contribution is -2.06. The van der Waals surface area contributed by atoms with Crippen molar-refractivity contribution in [1.29, 1.82) is 0 Å². The Kier molecular flexibility index (Phi) is 3.84. The molecule has 2 rings (SSSR count). The summed E-state index contributed by atoms with van der Waals surface area (Å²) in [5.41, 5.74) is 0.866. The highest BCUT2D eigenvalue weighted by Gasteiger charge is 2.10. The number of para-hydroxylation sites is 1. The minimum atomic E-state index is -0.825. The molecule has 0 unspecified atom stereocenters. The quantitative estimate of drug-likeness (QED) is 0.906. The number of hydrogen-bond acceptors (Lipinski definition) is 3. The number of benzene rings is 1. The van der Waals surface area contributed by atoms with Crippen molar-refractivity contribution in [3.8, 4) is 11.6 Å². The molecule has 0 saturated heterocycles. The second kappa shape index (κ2) is 5.55. The van der Waals surface area contributed by atoms with Crippen LogP contribution in [0.5, 0.6) is 11.6 Å². The lowest BCUT2D eigenvalue weighted by atomic mass is 10.2. The minimum absolute atomic E-state index is 0.236. The lowest BCUT2D eigenvalue weighted by Gasteiger charge is -2.10. The maximum absolute atomic E-state index is 13.4. The van der Waals surface area contributed by atoms with Gasteiger partial charge < -0.3 is 10.1 Å². The van der Waals surface area contributed by atoms with E-state index in [9.17, 15) is 8.78 Å². The number of aromatic nitrogens is 1. The summed E-state index contributed by atoms with van der Waals surface area (Å²) in [6.45, 7) is 0.582. The Morgan fingerprint density at radius 2 is 2.06 bits per heavy atom. The lowest BCUT2D eigenvalue weighted by molar-refractivity contribution is 0.412. The van der Waals surface area contributed by atoms with Crippen LogP contribution in [0.4, 0.5) is 8.78 Å². The summed E-state index contributed by atoms with van der Waals surface area (Å²) in [4.78, 5) is 3.58. The molecule has 3 nitrogen and oxygen atoms in total. The molecule has 1 aromatic heterocycles. The van der Waals surface area contributed by atoms with Crippen LogP contribution in [-0.4, -0.2) is 12.0 Å². The molecular weight excluding hydrogens is 238 g/mol. The third-order valence-corrected chi connectivity index (χ3v) is 2.32. The molecule has 0 radical (unpaired) electrons. The molecule has 0 bridgehead atoms. The summed E-state index contributed by atoms with van der Waals surface area (Å²) in [5, 5.41) is 2.98. The SMILES string of the molecule is CNCc1ccccc1Oc1ncc(F)cc1F. The molecule has 0 saturated carbocycles. The zero-order valence-corrected chi connectivity index (χ0v) is 9.78. The number of pyridine rings is 1. The molecule has 0 aliphatic heterocycles. The number of ether oxygens (including phenoxy) is 1. The van der Waals surface area contributed by atoms with E-state index in [2.05, 4.69) is 10.3 Å². The van der Waals surface area contributed by atoms with E-state index in [1.165, 1.54) is 0 Å². The topological polar surface area (TPSA) is 34.1 Å². The fourth-order valence-electron chi connectivity index (χ4n) is 1.52. The van der Waals surface area contributed by atoms with E-state index in [-0.39, 0.29) is 5.88 Å². The third-order valence-electron chi connectivity index (χ3n) is 2.32. The molecule has 0 spiro atoms. The fraction of sp³-hybridized carbons (Fsp3) is 0.154. The first-order valence-electron chi connectivity index (χ1n) is 5.42. The highest BCUT2D eigenvalue weighted by Crippen LogP contribution is 2.25. The van der Waals surface area contributed by atoms with Gasteiger partial charge in [-0.1, -0.05) is 18.2 Å². The maximum Gasteiger partial charge on any atom is 0.256 e. The third kappa shape index (κ3) is 2.81. The zero-order chi connectivity index (χ0) is 13.0. The van der Waals surface area contributed by atoms with E-state index in [0.717, 1.165) is 17.8 Å². The van der Waals surface area contributed by atoms with Crippen LogP contribution < -0.4 is 10.1 Å². The highest BCUT2D eigenvalue weighted by molar-refractivity contribution is 5.36. The van der Waals surface area contributed by atoms with E-state index in [0.29, 0.717) is 12.3 Å². The number of halogens is 2. The van der Waals surface area contributed by atoms with Gasteiger partial charge in [0, 0.05) is 18.2 Å². The molecule has 18 heavy (non-hydrogen) atoms. The van der Waals surface area contributed by atoms with Crippen molar-refractivity contribution < 1.29 is 13.5 Å². The van der Waals surface area contributed by atoms with E-state index in [4.69, 9.17) is 4.74 Å². The normalized spacial score (nSPS) is 10.4. The van der Waals surface area contributed by atoms with Crippen molar-refractivity contribution >= 4 is 0 Å². The van der Waals surface area contributed by atoms with Crippen molar-refractivity contribution in [2.45, 2.75) is 6.54 Å². The molecule has 1 N–H and O–H groups in total. The van der Waals surface area contributed by atoms with Gasteiger partial charge in [0.05, 0.1) is 6.20 Å². The molecule has 5 heteroatoms. The Morgan fingerprint density at radius 3 is 2.78 bits per heavy atom. The van der Waals surface area contributed by atoms with Crippen LogP contribution in [0.3, 0.4) is 0 Å². The van der Waals surface area contributed by atoms with Gasteiger partial charge in [-0.15, -0.1) is 0 Å². The van der Waals surface area contributed by atoms with Crippen LogP contribution in [0.1, 0.15) is 5.56 Å².